The molecule has 9 heteroatoms. The highest BCUT2D eigenvalue weighted by molar-refractivity contribution is 5.83. The van der Waals surface area contributed by atoms with Gasteiger partial charge in [-0.25, -0.2) is 9.37 Å². The lowest BCUT2D eigenvalue weighted by Crippen LogP contribution is -2.48. The summed E-state index contributed by atoms with van der Waals surface area (Å²) < 4.78 is 21.6. The summed E-state index contributed by atoms with van der Waals surface area (Å²) in [4.78, 5) is 34.7. The summed E-state index contributed by atoms with van der Waals surface area (Å²) in [6, 6.07) is 8.58. The van der Waals surface area contributed by atoms with E-state index in [4.69, 9.17) is 9.72 Å². The molecule has 0 bridgehead atoms. The molecule has 1 aromatic heterocycles. The van der Waals surface area contributed by atoms with E-state index in [1.165, 1.54) is 6.07 Å². The maximum absolute atomic E-state index is 14.4. The number of piperazine rings is 1. The first-order chi connectivity index (χ1) is 18.8. The maximum atomic E-state index is 14.4. The minimum atomic E-state index is -0.303. The summed E-state index contributed by atoms with van der Waals surface area (Å²) in [7, 11) is 1.81. The second-order valence-corrected chi connectivity index (χ2v) is 10.7. The number of aryl methyl sites for hydroxylation is 1. The number of anilines is 2. The van der Waals surface area contributed by atoms with Gasteiger partial charge in [-0.15, -0.1) is 0 Å². The van der Waals surface area contributed by atoms with E-state index < -0.39 is 0 Å². The molecule has 0 saturated carbocycles. The number of aromatic nitrogens is 2. The van der Waals surface area contributed by atoms with Crippen molar-refractivity contribution in [2.24, 2.45) is 7.05 Å². The fourth-order valence-corrected chi connectivity index (χ4v) is 5.84. The second-order valence-electron chi connectivity index (χ2n) is 10.7. The van der Waals surface area contributed by atoms with Gasteiger partial charge in [0, 0.05) is 64.3 Å². The number of hydrogen-bond acceptors (Lipinski definition) is 6. The molecule has 2 aliphatic heterocycles. The van der Waals surface area contributed by atoms with Gasteiger partial charge in [0.2, 0.25) is 5.91 Å². The molecule has 2 aliphatic rings. The van der Waals surface area contributed by atoms with E-state index in [0.29, 0.717) is 56.7 Å². The van der Waals surface area contributed by atoms with Crippen molar-refractivity contribution in [1.29, 1.82) is 0 Å². The van der Waals surface area contributed by atoms with E-state index in [0.717, 1.165) is 41.2 Å². The standard InChI is InChI=1S/C30H38FN5O3/c1-5-27(37)36-12-10-35(11-13-36)26-18-22(31)6-7-25(26)32-20(3)23-16-19(2)17-24-28(23)33-29(34(4)30(24)38)21-8-14-39-15-9-21/h6-7,16-18,20-21,32H,5,8-15H2,1-4H3/t20-/m1/s1. The molecule has 2 saturated heterocycles. The van der Waals surface area contributed by atoms with Crippen molar-refractivity contribution in [1.82, 2.24) is 14.5 Å². The summed E-state index contributed by atoms with van der Waals surface area (Å²) in [5, 5.41) is 4.20. The van der Waals surface area contributed by atoms with E-state index >= 15 is 0 Å². The van der Waals surface area contributed by atoms with Crippen LogP contribution in [0.1, 0.15) is 62.0 Å². The van der Waals surface area contributed by atoms with Gasteiger partial charge >= 0.3 is 0 Å². The molecule has 8 nitrogen and oxygen atoms in total. The summed E-state index contributed by atoms with van der Waals surface area (Å²) in [5.41, 5.74) is 4.17. The minimum absolute atomic E-state index is 0.0411. The molecule has 39 heavy (non-hydrogen) atoms. The molecular formula is C30H38FN5O3. The van der Waals surface area contributed by atoms with Crippen LogP contribution in [0.3, 0.4) is 0 Å². The molecule has 0 radical (unpaired) electrons. The number of carbonyl (C=O) groups excluding carboxylic acids is 1. The summed E-state index contributed by atoms with van der Waals surface area (Å²) in [5.74, 6) is 0.823. The first kappa shape index (κ1) is 27.1. The Bertz CT molecular complexity index is 1420. The molecule has 208 valence electrons. The lowest BCUT2D eigenvalue weighted by molar-refractivity contribution is -0.131. The Labute approximate surface area is 228 Å². The fraction of sp³-hybridized carbons (Fsp3) is 0.500. The molecule has 1 amide bonds. The smallest absolute Gasteiger partial charge is 0.261 e. The van der Waals surface area contributed by atoms with E-state index in [9.17, 15) is 14.0 Å². The number of hydrogen-bond donors (Lipinski definition) is 1. The molecule has 0 spiro atoms. The first-order valence-corrected chi connectivity index (χ1v) is 13.9. The lowest BCUT2D eigenvalue weighted by atomic mass is 9.97. The number of amides is 1. The largest absolute Gasteiger partial charge is 0.381 e. The monoisotopic (exact) mass is 535 g/mol. The van der Waals surface area contributed by atoms with Crippen LogP contribution >= 0.6 is 0 Å². The Morgan fingerprint density at radius 3 is 2.56 bits per heavy atom. The van der Waals surface area contributed by atoms with Crippen LogP contribution in [0.15, 0.2) is 35.1 Å². The van der Waals surface area contributed by atoms with Crippen molar-refractivity contribution in [2.75, 3.05) is 49.6 Å². The van der Waals surface area contributed by atoms with Crippen LogP contribution in [0.25, 0.3) is 10.9 Å². The second kappa shape index (κ2) is 11.3. The number of nitrogens with one attached hydrogen (secondary N) is 1. The Balaban J connectivity index is 1.48. The molecular weight excluding hydrogens is 497 g/mol. The molecule has 2 aromatic carbocycles. The van der Waals surface area contributed by atoms with Gasteiger partial charge in [0.15, 0.2) is 0 Å². The Kier molecular flexibility index (Phi) is 7.88. The normalized spacial score (nSPS) is 17.5. The van der Waals surface area contributed by atoms with Crippen molar-refractivity contribution in [3.63, 3.8) is 0 Å². The zero-order valence-corrected chi connectivity index (χ0v) is 23.3. The number of fused-ring (bicyclic) bond motifs is 1. The Hall–Kier alpha value is -3.46. The molecule has 2 fully saturated rings. The lowest BCUT2D eigenvalue weighted by Gasteiger charge is -2.37. The van der Waals surface area contributed by atoms with E-state index in [1.807, 2.05) is 38.8 Å². The number of ether oxygens (including phenoxy) is 1. The maximum Gasteiger partial charge on any atom is 0.261 e. The number of rotatable bonds is 6. The van der Waals surface area contributed by atoms with Crippen molar-refractivity contribution in [3.05, 3.63) is 63.5 Å². The SMILES string of the molecule is CCC(=O)N1CCN(c2cc(F)ccc2N[C@H](C)c2cc(C)cc3c(=O)n(C)c(C4CCOCC4)nc23)CC1. The molecule has 3 heterocycles. The van der Waals surface area contributed by atoms with Crippen LogP contribution in [0.2, 0.25) is 0 Å². The zero-order chi connectivity index (χ0) is 27.7. The summed E-state index contributed by atoms with van der Waals surface area (Å²) >= 11 is 0. The van der Waals surface area contributed by atoms with Gasteiger partial charge in [0.1, 0.15) is 11.6 Å². The summed E-state index contributed by atoms with van der Waals surface area (Å²) in [6.45, 7) is 9.75. The topological polar surface area (TPSA) is 79.7 Å². The van der Waals surface area contributed by atoms with Crippen molar-refractivity contribution in [3.8, 4) is 0 Å². The number of halogens is 1. The third-order valence-corrected chi connectivity index (χ3v) is 8.05. The first-order valence-electron chi connectivity index (χ1n) is 13.9. The predicted octanol–water partition coefficient (Wildman–Crippen LogP) is 4.51. The highest BCUT2D eigenvalue weighted by Crippen LogP contribution is 2.34. The average Bonchev–Trinajstić information content (AvgIpc) is 2.95. The van der Waals surface area contributed by atoms with Crippen LogP contribution in [0, 0.1) is 12.7 Å². The molecule has 0 aliphatic carbocycles. The van der Waals surface area contributed by atoms with Crippen LogP contribution in [-0.2, 0) is 16.6 Å². The number of benzene rings is 2. The average molecular weight is 536 g/mol. The molecule has 5 rings (SSSR count). The molecule has 1 N–H and O–H groups in total. The third kappa shape index (κ3) is 5.50. The highest BCUT2D eigenvalue weighted by Gasteiger charge is 2.25. The fourth-order valence-electron chi connectivity index (χ4n) is 5.84. The van der Waals surface area contributed by atoms with E-state index in [1.54, 1.807) is 16.7 Å². The van der Waals surface area contributed by atoms with Crippen LogP contribution < -0.4 is 15.8 Å². The highest BCUT2D eigenvalue weighted by atomic mass is 19.1. The van der Waals surface area contributed by atoms with Crippen LogP contribution in [-0.4, -0.2) is 59.8 Å². The summed E-state index contributed by atoms with van der Waals surface area (Å²) in [6.07, 6.45) is 2.18. The van der Waals surface area contributed by atoms with Gasteiger partial charge in [-0.1, -0.05) is 13.0 Å². The van der Waals surface area contributed by atoms with E-state index in [-0.39, 0.29) is 29.2 Å². The molecule has 3 aromatic rings. The van der Waals surface area contributed by atoms with Crippen molar-refractivity contribution in [2.45, 2.75) is 52.0 Å². The predicted molar refractivity (Wildman–Crippen MR) is 152 cm³/mol. The molecule has 0 unspecified atom stereocenters. The Morgan fingerprint density at radius 2 is 1.87 bits per heavy atom. The van der Waals surface area contributed by atoms with E-state index in [2.05, 4.69) is 16.3 Å². The van der Waals surface area contributed by atoms with Gasteiger partial charge in [-0.05, 0) is 56.5 Å². The van der Waals surface area contributed by atoms with Crippen LogP contribution in [0.5, 0.6) is 0 Å². The molecule has 1 atom stereocenters. The van der Waals surface area contributed by atoms with Gasteiger partial charge in [0.05, 0.1) is 28.3 Å². The van der Waals surface area contributed by atoms with Gasteiger partial charge in [-0.2, -0.15) is 0 Å². The number of nitrogens with zero attached hydrogens (tertiary/aromatic N) is 4. The van der Waals surface area contributed by atoms with Crippen molar-refractivity contribution >= 4 is 28.2 Å². The minimum Gasteiger partial charge on any atom is -0.381 e. The Morgan fingerprint density at radius 1 is 1.15 bits per heavy atom. The van der Waals surface area contributed by atoms with Crippen molar-refractivity contribution < 1.29 is 13.9 Å². The third-order valence-electron chi connectivity index (χ3n) is 8.05. The number of carbonyl (C=O) groups is 1. The zero-order valence-electron chi connectivity index (χ0n) is 23.3. The van der Waals surface area contributed by atoms with Gasteiger partial charge < -0.3 is 19.9 Å². The van der Waals surface area contributed by atoms with Gasteiger partial charge in [-0.3, -0.25) is 14.2 Å². The van der Waals surface area contributed by atoms with Gasteiger partial charge in [0.25, 0.3) is 5.56 Å². The quantitative estimate of drug-likeness (QED) is 0.501. The van der Waals surface area contributed by atoms with Crippen LogP contribution in [0.4, 0.5) is 15.8 Å².